The predicted octanol–water partition coefficient (Wildman–Crippen LogP) is 4.16. The molecule has 0 fully saturated rings. The molecular weight excluding hydrogens is 324 g/mol. The van der Waals surface area contributed by atoms with E-state index in [-0.39, 0.29) is 34.3 Å². The number of aliphatic hydroxyl groups is 1. The second-order valence-corrected chi connectivity index (χ2v) is 6.04. The van der Waals surface area contributed by atoms with Gasteiger partial charge in [-0.25, -0.2) is 8.78 Å². The van der Waals surface area contributed by atoms with Crippen LogP contribution in [-0.4, -0.2) is 9.67 Å². The molecule has 1 aromatic heterocycles. The van der Waals surface area contributed by atoms with Crippen LogP contribution in [0.25, 0.3) is 11.3 Å². The highest BCUT2D eigenvalue weighted by Gasteiger charge is 2.25. The number of benzene rings is 1. The zero-order valence-corrected chi connectivity index (χ0v) is 13.9. The number of hydrogen-bond acceptors (Lipinski definition) is 2. The summed E-state index contributed by atoms with van der Waals surface area (Å²) in [5.74, 6) is -1.82. The molecule has 3 nitrogen and oxygen atoms in total. The number of nitrogens with zero attached hydrogens (tertiary/aromatic N) is 1. The summed E-state index contributed by atoms with van der Waals surface area (Å²) in [4.78, 5) is 12.3. The van der Waals surface area contributed by atoms with Crippen LogP contribution in [0.4, 0.5) is 8.78 Å². The fourth-order valence-corrected chi connectivity index (χ4v) is 2.76. The molecule has 1 unspecified atom stereocenters. The fourth-order valence-electron chi connectivity index (χ4n) is 2.54. The summed E-state index contributed by atoms with van der Waals surface area (Å²) in [7, 11) is 0. The molecule has 2 rings (SSSR count). The topological polar surface area (TPSA) is 42.2 Å². The maximum atomic E-state index is 14.3. The Kier molecular flexibility index (Phi) is 5.22. The third-order valence-corrected chi connectivity index (χ3v) is 4.01. The zero-order valence-electron chi connectivity index (χ0n) is 13.1. The fraction of sp³-hybridized carbons (Fsp3) is 0.353. The molecule has 0 bridgehead atoms. The van der Waals surface area contributed by atoms with Crippen LogP contribution in [0.3, 0.4) is 0 Å². The van der Waals surface area contributed by atoms with Gasteiger partial charge in [0.1, 0.15) is 16.7 Å². The van der Waals surface area contributed by atoms with Crippen LogP contribution in [0.1, 0.15) is 32.4 Å². The third-order valence-electron chi connectivity index (χ3n) is 3.74. The van der Waals surface area contributed by atoms with Crippen molar-refractivity contribution in [1.82, 2.24) is 4.57 Å². The molecule has 6 heteroatoms. The summed E-state index contributed by atoms with van der Waals surface area (Å²) in [6.07, 6.45) is -1.01. The number of aromatic nitrogens is 1. The lowest BCUT2D eigenvalue weighted by molar-refractivity contribution is 0.126. The largest absolute Gasteiger partial charge is 0.388 e. The van der Waals surface area contributed by atoms with Gasteiger partial charge in [-0.15, -0.1) is 0 Å². The molecule has 0 aliphatic carbocycles. The Morgan fingerprint density at radius 1 is 1.26 bits per heavy atom. The average molecular weight is 342 g/mol. The van der Waals surface area contributed by atoms with E-state index < -0.39 is 23.3 Å². The number of rotatable bonds is 4. The lowest BCUT2D eigenvalue weighted by Crippen LogP contribution is -2.25. The molecule has 0 aliphatic rings. The number of halogens is 3. The highest BCUT2D eigenvalue weighted by Crippen LogP contribution is 2.35. The predicted molar refractivity (Wildman–Crippen MR) is 86.5 cm³/mol. The van der Waals surface area contributed by atoms with E-state index in [1.54, 1.807) is 20.8 Å². The van der Waals surface area contributed by atoms with Crippen molar-refractivity contribution in [2.45, 2.75) is 33.4 Å². The van der Waals surface area contributed by atoms with Crippen LogP contribution < -0.4 is 5.56 Å². The average Bonchev–Trinajstić information content (AvgIpc) is 2.49. The summed E-state index contributed by atoms with van der Waals surface area (Å²) in [5, 5.41) is 10.3. The van der Waals surface area contributed by atoms with Crippen molar-refractivity contribution in [2.24, 2.45) is 5.92 Å². The highest BCUT2D eigenvalue weighted by molar-refractivity contribution is 6.30. The van der Waals surface area contributed by atoms with Gasteiger partial charge >= 0.3 is 0 Å². The molecule has 0 amide bonds. The van der Waals surface area contributed by atoms with Crippen molar-refractivity contribution in [2.75, 3.05) is 0 Å². The van der Waals surface area contributed by atoms with E-state index in [4.69, 9.17) is 11.6 Å². The molecule has 23 heavy (non-hydrogen) atoms. The summed E-state index contributed by atoms with van der Waals surface area (Å²) in [5.41, 5.74) is -0.626. The Labute approximate surface area is 138 Å². The minimum Gasteiger partial charge on any atom is -0.388 e. The first-order valence-corrected chi connectivity index (χ1v) is 7.73. The maximum Gasteiger partial charge on any atom is 0.269 e. The van der Waals surface area contributed by atoms with Crippen molar-refractivity contribution >= 4 is 11.6 Å². The molecule has 2 aromatic rings. The van der Waals surface area contributed by atoms with E-state index in [0.717, 1.165) is 12.1 Å². The molecule has 124 valence electrons. The summed E-state index contributed by atoms with van der Waals surface area (Å²) < 4.78 is 29.7. The van der Waals surface area contributed by atoms with Gasteiger partial charge in [0.2, 0.25) is 0 Å². The van der Waals surface area contributed by atoms with E-state index >= 15 is 0 Å². The van der Waals surface area contributed by atoms with Crippen LogP contribution in [0.15, 0.2) is 29.1 Å². The minimum absolute atomic E-state index is 0.0266. The zero-order chi connectivity index (χ0) is 17.3. The van der Waals surface area contributed by atoms with Crippen LogP contribution in [0.5, 0.6) is 0 Å². The Morgan fingerprint density at radius 3 is 2.30 bits per heavy atom. The van der Waals surface area contributed by atoms with Crippen molar-refractivity contribution < 1.29 is 13.9 Å². The molecule has 1 heterocycles. The van der Waals surface area contributed by atoms with Crippen molar-refractivity contribution in [1.29, 1.82) is 0 Å². The second kappa shape index (κ2) is 6.81. The van der Waals surface area contributed by atoms with E-state index in [0.29, 0.717) is 0 Å². The van der Waals surface area contributed by atoms with Crippen LogP contribution in [0.2, 0.25) is 5.02 Å². The summed E-state index contributed by atoms with van der Waals surface area (Å²) in [6.45, 7) is 5.37. The molecule has 1 atom stereocenters. The lowest BCUT2D eigenvalue weighted by atomic mass is 9.94. The second-order valence-electron chi connectivity index (χ2n) is 5.63. The van der Waals surface area contributed by atoms with E-state index in [2.05, 4.69) is 0 Å². The van der Waals surface area contributed by atoms with Gasteiger partial charge in [-0.3, -0.25) is 4.79 Å². The van der Waals surface area contributed by atoms with Crippen molar-refractivity contribution in [3.8, 4) is 11.3 Å². The first-order chi connectivity index (χ1) is 10.8. The minimum atomic E-state index is -1.01. The molecule has 0 radical (unpaired) electrons. The van der Waals surface area contributed by atoms with E-state index in [1.165, 1.54) is 16.7 Å². The van der Waals surface area contributed by atoms with E-state index in [1.807, 2.05) is 0 Å². The smallest absolute Gasteiger partial charge is 0.269 e. The molecule has 0 saturated heterocycles. The quantitative estimate of drug-likeness (QED) is 0.907. The molecule has 0 aliphatic heterocycles. The summed E-state index contributed by atoms with van der Waals surface area (Å²) >= 11 is 5.95. The van der Waals surface area contributed by atoms with Gasteiger partial charge < -0.3 is 9.67 Å². The Balaban J connectivity index is 2.95. The standard InChI is InChI=1S/C17H18ClF2NO2/c1-4-21-15(14-12(19)6-5-7-13(14)20)10(16(22)9(2)3)8-11(18)17(21)23/h5-9,16,22H,4H2,1-3H3. The van der Waals surface area contributed by atoms with Gasteiger partial charge in [-0.05, 0) is 31.0 Å². The Morgan fingerprint density at radius 2 is 1.83 bits per heavy atom. The molecule has 0 saturated carbocycles. The maximum absolute atomic E-state index is 14.3. The monoisotopic (exact) mass is 341 g/mol. The van der Waals surface area contributed by atoms with Gasteiger partial charge in [0, 0.05) is 12.1 Å². The normalized spacial score (nSPS) is 12.7. The number of hydrogen-bond donors (Lipinski definition) is 1. The number of aliphatic hydroxyl groups excluding tert-OH is 1. The van der Waals surface area contributed by atoms with Gasteiger partial charge in [0.25, 0.3) is 5.56 Å². The molecule has 1 aromatic carbocycles. The molecular formula is C17H18ClF2NO2. The Bertz CT molecular complexity index is 767. The van der Waals surface area contributed by atoms with Crippen LogP contribution >= 0.6 is 11.6 Å². The first kappa shape index (κ1) is 17.6. The molecule has 1 N–H and O–H groups in total. The number of pyridine rings is 1. The van der Waals surface area contributed by atoms with Gasteiger partial charge in [0.05, 0.1) is 17.4 Å². The first-order valence-electron chi connectivity index (χ1n) is 7.35. The van der Waals surface area contributed by atoms with Gasteiger partial charge in [-0.2, -0.15) is 0 Å². The van der Waals surface area contributed by atoms with Gasteiger partial charge in [-0.1, -0.05) is 31.5 Å². The van der Waals surface area contributed by atoms with Crippen molar-refractivity contribution in [3.63, 3.8) is 0 Å². The van der Waals surface area contributed by atoms with Gasteiger partial charge in [0.15, 0.2) is 0 Å². The third kappa shape index (κ3) is 3.16. The van der Waals surface area contributed by atoms with Crippen molar-refractivity contribution in [3.05, 3.63) is 56.8 Å². The lowest BCUT2D eigenvalue weighted by Gasteiger charge is -2.23. The van der Waals surface area contributed by atoms with Crippen LogP contribution in [-0.2, 0) is 6.54 Å². The van der Waals surface area contributed by atoms with E-state index in [9.17, 15) is 18.7 Å². The Hall–Kier alpha value is -1.72. The molecule has 0 spiro atoms. The SMILES string of the molecule is CCn1c(-c2c(F)cccc2F)c(C(O)C(C)C)cc(Cl)c1=O. The highest BCUT2D eigenvalue weighted by atomic mass is 35.5. The van der Waals surface area contributed by atoms with Crippen LogP contribution in [0, 0.1) is 17.6 Å². The summed E-state index contributed by atoms with van der Waals surface area (Å²) in [6, 6.07) is 4.77.